The van der Waals surface area contributed by atoms with Crippen LogP contribution in [0.4, 0.5) is 0 Å². The van der Waals surface area contributed by atoms with Crippen molar-refractivity contribution in [3.8, 4) is 11.1 Å². The van der Waals surface area contributed by atoms with Crippen LogP contribution in [0.5, 0.6) is 0 Å². The summed E-state index contributed by atoms with van der Waals surface area (Å²) < 4.78 is 0. The van der Waals surface area contributed by atoms with Crippen molar-refractivity contribution >= 4 is 23.2 Å². The quantitative estimate of drug-likeness (QED) is 0.832. The van der Waals surface area contributed by atoms with Gasteiger partial charge < -0.3 is 5.73 Å². The maximum Gasteiger partial charge on any atom is 0.0426 e. The topological polar surface area (TPSA) is 26.0 Å². The fraction of sp³-hybridized carbons (Fsp3) is 0.250. The van der Waals surface area contributed by atoms with E-state index >= 15 is 0 Å². The number of benzene rings is 2. The Balaban J connectivity index is 2.37. The van der Waals surface area contributed by atoms with E-state index in [2.05, 4.69) is 31.2 Å². The molecule has 0 aromatic heterocycles. The van der Waals surface area contributed by atoms with Crippen LogP contribution in [0.15, 0.2) is 42.5 Å². The zero-order chi connectivity index (χ0) is 13.8. The van der Waals surface area contributed by atoms with Gasteiger partial charge in [0.25, 0.3) is 0 Å². The first-order valence-electron chi connectivity index (χ1n) is 6.36. The highest BCUT2D eigenvalue weighted by atomic mass is 35.5. The second-order valence-corrected chi connectivity index (χ2v) is 5.63. The monoisotopic (exact) mass is 293 g/mol. The summed E-state index contributed by atoms with van der Waals surface area (Å²) in [5, 5.41) is 1.31. The molecule has 2 rings (SSSR count). The molecule has 0 spiro atoms. The van der Waals surface area contributed by atoms with Gasteiger partial charge in [-0.2, -0.15) is 0 Å². The van der Waals surface area contributed by atoms with E-state index in [0.29, 0.717) is 22.5 Å². The Hall–Kier alpha value is -1.02. The summed E-state index contributed by atoms with van der Waals surface area (Å²) in [7, 11) is 0. The summed E-state index contributed by atoms with van der Waals surface area (Å²) in [6.07, 6.45) is 0.986. The molecule has 0 saturated heterocycles. The molecule has 0 aliphatic heterocycles. The normalized spacial score (nSPS) is 12.4. The van der Waals surface area contributed by atoms with Crippen molar-refractivity contribution in [3.63, 3.8) is 0 Å². The molecule has 0 heterocycles. The second-order valence-electron chi connectivity index (χ2n) is 4.76. The molecule has 2 N–H and O–H groups in total. The average molecular weight is 294 g/mol. The van der Waals surface area contributed by atoms with Crippen LogP contribution in [0.3, 0.4) is 0 Å². The van der Waals surface area contributed by atoms with Gasteiger partial charge in [-0.15, -0.1) is 0 Å². The lowest BCUT2D eigenvalue weighted by Gasteiger charge is -2.12. The minimum atomic E-state index is 0.458. The predicted octanol–water partition coefficient (Wildman–Crippen LogP) is 5.11. The highest BCUT2D eigenvalue weighted by molar-refractivity contribution is 6.35. The third-order valence-corrected chi connectivity index (χ3v) is 3.69. The minimum absolute atomic E-state index is 0.458. The summed E-state index contributed by atoms with van der Waals surface area (Å²) in [4.78, 5) is 0. The average Bonchev–Trinajstić information content (AvgIpc) is 2.38. The largest absolute Gasteiger partial charge is 0.330 e. The first-order valence-corrected chi connectivity index (χ1v) is 7.12. The number of nitrogens with two attached hydrogens (primary N) is 1. The highest BCUT2D eigenvalue weighted by Gasteiger charge is 2.07. The molecule has 0 fully saturated rings. The van der Waals surface area contributed by atoms with Gasteiger partial charge in [-0.05, 0) is 53.8 Å². The van der Waals surface area contributed by atoms with Crippen molar-refractivity contribution in [3.05, 3.63) is 58.1 Å². The molecule has 1 atom stereocenters. The van der Waals surface area contributed by atoms with Gasteiger partial charge >= 0.3 is 0 Å². The Morgan fingerprint density at radius 1 is 1.00 bits per heavy atom. The SMILES string of the molecule is CC(CCN)c1cccc(-c2cc(Cl)cc(Cl)c2)c1. The molecular weight excluding hydrogens is 277 g/mol. The molecule has 3 heteroatoms. The van der Waals surface area contributed by atoms with Gasteiger partial charge in [0.15, 0.2) is 0 Å². The van der Waals surface area contributed by atoms with E-state index in [4.69, 9.17) is 28.9 Å². The third kappa shape index (κ3) is 3.73. The van der Waals surface area contributed by atoms with Crippen molar-refractivity contribution in [2.24, 2.45) is 5.73 Å². The van der Waals surface area contributed by atoms with E-state index in [1.165, 1.54) is 5.56 Å². The highest BCUT2D eigenvalue weighted by Crippen LogP contribution is 2.29. The Kier molecular flexibility index (Phi) is 4.87. The minimum Gasteiger partial charge on any atom is -0.330 e. The van der Waals surface area contributed by atoms with Crippen LogP contribution in [0.1, 0.15) is 24.8 Å². The van der Waals surface area contributed by atoms with Crippen molar-refractivity contribution in [2.45, 2.75) is 19.3 Å². The number of halogens is 2. The Morgan fingerprint density at radius 2 is 1.68 bits per heavy atom. The van der Waals surface area contributed by atoms with Gasteiger partial charge in [0.1, 0.15) is 0 Å². The molecule has 0 aliphatic carbocycles. The molecule has 0 amide bonds. The molecule has 1 unspecified atom stereocenters. The molecule has 100 valence electrons. The van der Waals surface area contributed by atoms with Gasteiger partial charge in [0.2, 0.25) is 0 Å². The van der Waals surface area contributed by atoms with Crippen molar-refractivity contribution < 1.29 is 0 Å². The first-order chi connectivity index (χ1) is 9.10. The smallest absolute Gasteiger partial charge is 0.0426 e. The summed E-state index contributed by atoms with van der Waals surface area (Å²) in [6, 6.07) is 14.1. The molecule has 0 saturated carbocycles. The third-order valence-electron chi connectivity index (χ3n) is 3.25. The van der Waals surface area contributed by atoms with Crippen molar-refractivity contribution in [2.75, 3.05) is 6.54 Å². The van der Waals surface area contributed by atoms with E-state index in [9.17, 15) is 0 Å². The second kappa shape index (κ2) is 6.42. The van der Waals surface area contributed by atoms with Crippen molar-refractivity contribution in [1.82, 2.24) is 0 Å². The van der Waals surface area contributed by atoms with E-state index < -0.39 is 0 Å². The van der Waals surface area contributed by atoms with E-state index in [-0.39, 0.29) is 0 Å². The maximum atomic E-state index is 6.05. The zero-order valence-electron chi connectivity index (χ0n) is 10.9. The number of hydrogen-bond donors (Lipinski definition) is 1. The molecular formula is C16H17Cl2N. The standard InChI is InChI=1S/C16H17Cl2N/c1-11(5-6-19)12-3-2-4-13(7-12)14-8-15(17)10-16(18)9-14/h2-4,7-11H,5-6,19H2,1H3. The lowest BCUT2D eigenvalue weighted by Crippen LogP contribution is -2.04. The van der Waals surface area contributed by atoms with Crippen LogP contribution in [0, 0.1) is 0 Å². The lowest BCUT2D eigenvalue weighted by molar-refractivity contribution is 0.690. The van der Waals surface area contributed by atoms with E-state index in [1.54, 1.807) is 6.07 Å². The van der Waals surface area contributed by atoms with Crippen LogP contribution < -0.4 is 5.73 Å². The zero-order valence-corrected chi connectivity index (χ0v) is 12.4. The van der Waals surface area contributed by atoms with Crippen molar-refractivity contribution in [1.29, 1.82) is 0 Å². The Labute approximate surface area is 124 Å². The van der Waals surface area contributed by atoms with Gasteiger partial charge in [0.05, 0.1) is 0 Å². The summed E-state index contributed by atoms with van der Waals surface area (Å²) in [5.41, 5.74) is 9.08. The predicted molar refractivity (Wildman–Crippen MR) is 84.0 cm³/mol. The lowest BCUT2D eigenvalue weighted by atomic mass is 9.94. The first kappa shape index (κ1) is 14.4. The summed E-state index contributed by atoms with van der Waals surface area (Å²) >= 11 is 12.1. The van der Waals surface area contributed by atoms with Crippen LogP contribution in [0.2, 0.25) is 10.0 Å². The van der Waals surface area contributed by atoms with Gasteiger partial charge in [-0.3, -0.25) is 0 Å². The van der Waals surface area contributed by atoms with Crippen LogP contribution in [0.25, 0.3) is 11.1 Å². The number of hydrogen-bond acceptors (Lipinski definition) is 1. The van der Waals surface area contributed by atoms with Gasteiger partial charge in [-0.1, -0.05) is 54.4 Å². The maximum absolute atomic E-state index is 6.05. The van der Waals surface area contributed by atoms with Crippen LogP contribution in [-0.2, 0) is 0 Å². The van der Waals surface area contributed by atoms with Crippen LogP contribution in [-0.4, -0.2) is 6.54 Å². The van der Waals surface area contributed by atoms with E-state index in [0.717, 1.165) is 17.5 Å². The van der Waals surface area contributed by atoms with E-state index in [1.807, 2.05) is 12.1 Å². The Bertz CT molecular complexity index is 546. The molecule has 0 radical (unpaired) electrons. The molecule has 2 aromatic carbocycles. The molecule has 0 bridgehead atoms. The summed E-state index contributed by atoms with van der Waals surface area (Å²) in [6.45, 7) is 2.89. The van der Waals surface area contributed by atoms with Gasteiger partial charge in [0, 0.05) is 10.0 Å². The molecule has 19 heavy (non-hydrogen) atoms. The molecule has 1 nitrogen and oxygen atoms in total. The molecule has 0 aliphatic rings. The fourth-order valence-corrected chi connectivity index (χ4v) is 2.69. The fourth-order valence-electron chi connectivity index (χ4n) is 2.16. The summed E-state index contributed by atoms with van der Waals surface area (Å²) in [5.74, 6) is 0.458. The number of rotatable bonds is 4. The van der Waals surface area contributed by atoms with Crippen LogP contribution >= 0.6 is 23.2 Å². The Morgan fingerprint density at radius 3 is 2.32 bits per heavy atom. The molecule has 2 aromatic rings. The van der Waals surface area contributed by atoms with Gasteiger partial charge in [-0.25, -0.2) is 0 Å².